The number of rotatable bonds is 6. The molecule has 0 saturated heterocycles. The van der Waals surface area contributed by atoms with Crippen molar-refractivity contribution in [3.05, 3.63) is 40.9 Å². The average Bonchev–Trinajstić information content (AvgIpc) is 2.45. The van der Waals surface area contributed by atoms with E-state index in [0.717, 1.165) is 23.3 Å². The van der Waals surface area contributed by atoms with E-state index in [4.69, 9.17) is 4.74 Å². The van der Waals surface area contributed by atoms with E-state index in [2.05, 4.69) is 66.3 Å². The highest BCUT2D eigenvalue weighted by Crippen LogP contribution is 2.33. The molecule has 0 aliphatic rings. The highest BCUT2D eigenvalue weighted by Gasteiger charge is 2.19. The summed E-state index contributed by atoms with van der Waals surface area (Å²) in [6.45, 7) is 9.18. The first-order valence-corrected chi connectivity index (χ1v) is 7.83. The van der Waals surface area contributed by atoms with E-state index in [9.17, 15) is 0 Å². The van der Waals surface area contributed by atoms with Crippen LogP contribution in [0.5, 0.6) is 5.75 Å². The zero-order valence-corrected chi connectivity index (χ0v) is 14.0. The van der Waals surface area contributed by atoms with Crippen molar-refractivity contribution >= 4 is 26.7 Å². The van der Waals surface area contributed by atoms with Gasteiger partial charge in [0, 0.05) is 12.0 Å². The second-order valence-corrected chi connectivity index (χ2v) is 6.63. The lowest BCUT2D eigenvalue weighted by Crippen LogP contribution is -2.34. The van der Waals surface area contributed by atoms with Gasteiger partial charge in [-0.1, -0.05) is 51.1 Å². The fraction of sp³-hybridized carbons (Fsp3) is 0.412. The van der Waals surface area contributed by atoms with E-state index in [0.29, 0.717) is 6.61 Å². The predicted octanol–water partition coefficient (Wildman–Crippen LogP) is 4.62. The topological polar surface area (TPSA) is 21.3 Å². The van der Waals surface area contributed by atoms with Crippen molar-refractivity contribution in [1.82, 2.24) is 5.32 Å². The van der Waals surface area contributed by atoms with Crippen molar-refractivity contribution in [2.24, 2.45) is 5.41 Å². The van der Waals surface area contributed by atoms with Crippen molar-refractivity contribution in [1.29, 1.82) is 0 Å². The second kappa shape index (κ2) is 6.59. The maximum Gasteiger partial charge on any atom is 0.134 e. The summed E-state index contributed by atoms with van der Waals surface area (Å²) in [5, 5.41) is 5.79. The molecule has 0 amide bonds. The summed E-state index contributed by atoms with van der Waals surface area (Å²) in [6.07, 6.45) is 0. The first kappa shape index (κ1) is 15.3. The van der Waals surface area contributed by atoms with Crippen molar-refractivity contribution in [3.8, 4) is 5.75 Å². The fourth-order valence-electron chi connectivity index (χ4n) is 2.11. The first-order valence-electron chi connectivity index (χ1n) is 7.04. The molecule has 0 heterocycles. The molecule has 0 aliphatic carbocycles. The minimum absolute atomic E-state index is 0.112. The molecule has 3 heteroatoms. The molecule has 0 aliphatic heterocycles. The minimum atomic E-state index is 0.112. The Kier molecular flexibility index (Phi) is 5.06. The van der Waals surface area contributed by atoms with Crippen LogP contribution in [0.4, 0.5) is 0 Å². The Labute approximate surface area is 129 Å². The average molecular weight is 336 g/mol. The molecule has 108 valence electrons. The Balaban J connectivity index is 2.12. The van der Waals surface area contributed by atoms with Gasteiger partial charge in [-0.3, -0.25) is 0 Å². The van der Waals surface area contributed by atoms with Crippen molar-refractivity contribution in [2.75, 3.05) is 19.7 Å². The SMILES string of the molecule is CCNCC(C)(C)COc1ccc2ccccc2c1Br. The first-order chi connectivity index (χ1) is 9.53. The third-order valence-corrected chi connectivity index (χ3v) is 4.12. The third kappa shape index (κ3) is 3.74. The van der Waals surface area contributed by atoms with Crippen LogP contribution < -0.4 is 10.1 Å². The molecule has 2 aromatic carbocycles. The molecule has 0 unspecified atom stereocenters. The third-order valence-electron chi connectivity index (χ3n) is 3.30. The van der Waals surface area contributed by atoms with Gasteiger partial charge < -0.3 is 10.1 Å². The molecule has 2 nitrogen and oxygen atoms in total. The number of halogens is 1. The lowest BCUT2D eigenvalue weighted by atomic mass is 9.95. The standard InChI is InChI=1S/C17H22BrNO/c1-4-19-11-17(2,3)12-20-15-10-9-13-7-5-6-8-14(13)16(15)18/h5-10,19H,4,11-12H2,1-3H3. The smallest absolute Gasteiger partial charge is 0.134 e. The quantitative estimate of drug-likeness (QED) is 0.831. The highest BCUT2D eigenvalue weighted by molar-refractivity contribution is 9.10. The van der Waals surface area contributed by atoms with Gasteiger partial charge in [-0.25, -0.2) is 0 Å². The summed E-state index contributed by atoms with van der Waals surface area (Å²) < 4.78 is 7.06. The van der Waals surface area contributed by atoms with Crippen LogP contribution in [-0.4, -0.2) is 19.7 Å². The molecule has 2 rings (SSSR count). The van der Waals surface area contributed by atoms with Gasteiger partial charge in [-0.05, 0) is 39.3 Å². The zero-order chi connectivity index (χ0) is 14.6. The van der Waals surface area contributed by atoms with E-state index in [1.165, 1.54) is 10.8 Å². The summed E-state index contributed by atoms with van der Waals surface area (Å²) in [4.78, 5) is 0. The second-order valence-electron chi connectivity index (χ2n) is 5.83. The van der Waals surface area contributed by atoms with Gasteiger partial charge in [-0.2, -0.15) is 0 Å². The van der Waals surface area contributed by atoms with Crippen LogP contribution >= 0.6 is 15.9 Å². The zero-order valence-electron chi connectivity index (χ0n) is 12.4. The van der Waals surface area contributed by atoms with Crippen LogP contribution in [-0.2, 0) is 0 Å². The number of hydrogen-bond acceptors (Lipinski definition) is 2. The van der Waals surface area contributed by atoms with Gasteiger partial charge in [0.25, 0.3) is 0 Å². The van der Waals surface area contributed by atoms with Crippen LogP contribution in [0.2, 0.25) is 0 Å². The Bertz CT molecular complexity index is 580. The Morgan fingerprint density at radius 2 is 1.90 bits per heavy atom. The lowest BCUT2D eigenvalue weighted by molar-refractivity contribution is 0.176. The van der Waals surface area contributed by atoms with Crippen molar-refractivity contribution in [2.45, 2.75) is 20.8 Å². The summed E-state index contributed by atoms with van der Waals surface area (Å²) in [5.41, 5.74) is 0.112. The molecular weight excluding hydrogens is 314 g/mol. The monoisotopic (exact) mass is 335 g/mol. The van der Waals surface area contributed by atoms with E-state index < -0.39 is 0 Å². The molecule has 0 aromatic heterocycles. The molecule has 0 fully saturated rings. The van der Waals surface area contributed by atoms with Crippen LogP contribution in [0.1, 0.15) is 20.8 Å². The molecule has 0 spiro atoms. The number of fused-ring (bicyclic) bond motifs is 1. The van der Waals surface area contributed by atoms with Gasteiger partial charge >= 0.3 is 0 Å². The molecule has 0 saturated carbocycles. The minimum Gasteiger partial charge on any atom is -0.492 e. The number of ether oxygens (including phenoxy) is 1. The Morgan fingerprint density at radius 3 is 2.65 bits per heavy atom. The van der Waals surface area contributed by atoms with Crippen molar-refractivity contribution < 1.29 is 4.74 Å². The van der Waals surface area contributed by atoms with Crippen LogP contribution in [0, 0.1) is 5.41 Å². The molecule has 0 bridgehead atoms. The summed E-state index contributed by atoms with van der Waals surface area (Å²) >= 11 is 3.66. The molecule has 0 atom stereocenters. The largest absolute Gasteiger partial charge is 0.492 e. The molecule has 0 radical (unpaired) electrons. The number of nitrogens with one attached hydrogen (secondary N) is 1. The highest BCUT2D eigenvalue weighted by atomic mass is 79.9. The van der Waals surface area contributed by atoms with Crippen LogP contribution in [0.15, 0.2) is 40.9 Å². The number of hydrogen-bond donors (Lipinski definition) is 1. The Morgan fingerprint density at radius 1 is 1.15 bits per heavy atom. The Hall–Kier alpha value is -1.06. The normalized spacial score (nSPS) is 11.8. The van der Waals surface area contributed by atoms with E-state index in [-0.39, 0.29) is 5.41 Å². The van der Waals surface area contributed by atoms with Gasteiger partial charge in [0.15, 0.2) is 0 Å². The lowest BCUT2D eigenvalue weighted by Gasteiger charge is -2.25. The molecule has 2 aromatic rings. The van der Waals surface area contributed by atoms with Crippen molar-refractivity contribution in [3.63, 3.8) is 0 Å². The van der Waals surface area contributed by atoms with E-state index >= 15 is 0 Å². The maximum absolute atomic E-state index is 6.02. The molecule has 20 heavy (non-hydrogen) atoms. The predicted molar refractivity (Wildman–Crippen MR) is 89.5 cm³/mol. The van der Waals surface area contributed by atoms with Gasteiger partial charge in [0.05, 0.1) is 11.1 Å². The summed E-state index contributed by atoms with van der Waals surface area (Å²) in [5.74, 6) is 0.910. The van der Waals surface area contributed by atoms with Gasteiger partial charge in [0.1, 0.15) is 5.75 Å². The summed E-state index contributed by atoms with van der Waals surface area (Å²) in [7, 11) is 0. The van der Waals surface area contributed by atoms with Crippen LogP contribution in [0.3, 0.4) is 0 Å². The summed E-state index contributed by atoms with van der Waals surface area (Å²) in [6, 6.07) is 12.5. The molecule has 1 N–H and O–H groups in total. The van der Waals surface area contributed by atoms with Gasteiger partial charge in [-0.15, -0.1) is 0 Å². The van der Waals surface area contributed by atoms with Gasteiger partial charge in [0.2, 0.25) is 0 Å². The fourth-order valence-corrected chi connectivity index (χ4v) is 2.72. The molecular formula is C17H22BrNO. The van der Waals surface area contributed by atoms with Crippen LogP contribution in [0.25, 0.3) is 10.8 Å². The van der Waals surface area contributed by atoms with E-state index in [1.54, 1.807) is 0 Å². The number of benzene rings is 2. The van der Waals surface area contributed by atoms with E-state index in [1.807, 2.05) is 12.1 Å². The maximum atomic E-state index is 6.02.